The molecule has 37 heavy (non-hydrogen) atoms. The van der Waals surface area contributed by atoms with Crippen LogP contribution in [0.5, 0.6) is 0 Å². The van der Waals surface area contributed by atoms with Crippen molar-refractivity contribution in [2.45, 2.75) is 43.1 Å². The lowest BCUT2D eigenvalue weighted by Crippen LogP contribution is -2.54. The Labute approximate surface area is 224 Å². The van der Waals surface area contributed by atoms with Crippen LogP contribution in [0.2, 0.25) is 0 Å². The fraction of sp³-hybridized carbons (Fsp3) is 0.423. The van der Waals surface area contributed by atoms with E-state index in [1.807, 2.05) is 36.4 Å². The van der Waals surface area contributed by atoms with Gasteiger partial charge in [0, 0.05) is 50.3 Å². The number of nitrogens with two attached hydrogens (primary N) is 4. The third-order valence-corrected chi connectivity index (χ3v) is 6.75. The molecule has 0 amide bonds. The number of benzene rings is 2. The van der Waals surface area contributed by atoms with Gasteiger partial charge in [0.1, 0.15) is 0 Å². The second-order valence-corrected chi connectivity index (χ2v) is 9.98. The zero-order chi connectivity index (χ0) is 25.1. The van der Waals surface area contributed by atoms with Crippen molar-refractivity contribution < 1.29 is 0 Å². The molecule has 0 bridgehead atoms. The molecule has 0 radical (unpaired) electrons. The first-order valence-corrected chi connectivity index (χ1v) is 12.6. The number of aromatic nitrogens is 3. The molecule has 2 aliphatic rings. The summed E-state index contributed by atoms with van der Waals surface area (Å²) in [5.74, 6) is 1.59. The SMILES string of the molecule is Cl.N[C@@H]1C[C@H](N)CN(c2nc(NC(c3ccccc3)c3ccccc3)nc(N3C[C@H](N)C[C@H](N)C3)n2)C1. The minimum atomic E-state index is -0.146. The van der Waals surface area contributed by atoms with Crippen molar-refractivity contribution in [3.05, 3.63) is 71.8 Å². The Bertz CT molecular complexity index is 1030. The summed E-state index contributed by atoms with van der Waals surface area (Å²) in [7, 11) is 0. The molecule has 2 aliphatic heterocycles. The van der Waals surface area contributed by atoms with Crippen molar-refractivity contribution in [1.29, 1.82) is 0 Å². The molecular formula is C26H37ClN10. The van der Waals surface area contributed by atoms with Crippen LogP contribution in [0.4, 0.5) is 17.8 Å². The molecule has 3 heterocycles. The van der Waals surface area contributed by atoms with E-state index in [-0.39, 0.29) is 42.6 Å². The summed E-state index contributed by atoms with van der Waals surface area (Å²) < 4.78 is 0. The quantitative estimate of drug-likeness (QED) is 0.317. The van der Waals surface area contributed by atoms with Crippen LogP contribution in [-0.4, -0.2) is 65.3 Å². The zero-order valence-corrected chi connectivity index (χ0v) is 21.7. The Morgan fingerprint density at radius 1 is 0.622 bits per heavy atom. The van der Waals surface area contributed by atoms with Gasteiger partial charge in [-0.05, 0) is 24.0 Å². The summed E-state index contributed by atoms with van der Waals surface area (Å²) in [6.07, 6.45) is 1.55. The summed E-state index contributed by atoms with van der Waals surface area (Å²) in [6, 6.07) is 20.2. The first kappa shape index (κ1) is 27.0. The van der Waals surface area contributed by atoms with Gasteiger partial charge in [-0.25, -0.2) is 0 Å². The number of hydrogen-bond acceptors (Lipinski definition) is 10. The normalized spacial score (nSPS) is 24.0. The standard InChI is InChI=1S/C26H36N10.ClH/c27-19-11-20(28)14-35(13-19)25-32-24(33-26(34-25)36-15-21(29)12-22(30)16-36)31-23(17-7-3-1-4-8-17)18-9-5-2-6-10-18;/h1-10,19-23H,11-16,27-30H2,(H,31,32,33,34);1H/t19-,20+,21-,22+;. The topological polar surface area (TPSA) is 161 Å². The van der Waals surface area contributed by atoms with E-state index in [1.165, 1.54) is 0 Å². The average molecular weight is 525 g/mol. The van der Waals surface area contributed by atoms with E-state index in [4.69, 9.17) is 37.9 Å². The van der Waals surface area contributed by atoms with Crippen LogP contribution < -0.4 is 38.1 Å². The van der Waals surface area contributed by atoms with Gasteiger partial charge in [-0.3, -0.25) is 0 Å². The highest BCUT2D eigenvalue weighted by molar-refractivity contribution is 5.85. The van der Waals surface area contributed by atoms with Crippen LogP contribution >= 0.6 is 12.4 Å². The molecule has 11 heteroatoms. The van der Waals surface area contributed by atoms with Gasteiger partial charge >= 0.3 is 0 Å². The fourth-order valence-electron chi connectivity index (χ4n) is 5.16. The van der Waals surface area contributed by atoms with Crippen LogP contribution in [0.1, 0.15) is 30.0 Å². The molecule has 0 unspecified atom stereocenters. The average Bonchev–Trinajstić information content (AvgIpc) is 2.87. The highest BCUT2D eigenvalue weighted by atomic mass is 35.5. The smallest absolute Gasteiger partial charge is 0.232 e. The van der Waals surface area contributed by atoms with Crippen molar-refractivity contribution in [3.63, 3.8) is 0 Å². The molecule has 0 aliphatic carbocycles. The van der Waals surface area contributed by atoms with Crippen LogP contribution in [0, 0.1) is 0 Å². The Morgan fingerprint density at radius 3 is 1.38 bits per heavy atom. The maximum absolute atomic E-state index is 6.29. The van der Waals surface area contributed by atoms with Crippen molar-refractivity contribution in [2.75, 3.05) is 41.3 Å². The summed E-state index contributed by atoms with van der Waals surface area (Å²) in [5.41, 5.74) is 27.4. The van der Waals surface area contributed by atoms with E-state index in [9.17, 15) is 0 Å². The summed E-state index contributed by atoms with van der Waals surface area (Å²) >= 11 is 0. The molecule has 9 N–H and O–H groups in total. The van der Waals surface area contributed by atoms with Gasteiger partial charge < -0.3 is 38.1 Å². The highest BCUT2D eigenvalue weighted by Crippen LogP contribution is 2.28. The van der Waals surface area contributed by atoms with Crippen LogP contribution in [-0.2, 0) is 0 Å². The van der Waals surface area contributed by atoms with Crippen molar-refractivity contribution >= 4 is 30.3 Å². The summed E-state index contributed by atoms with van der Waals surface area (Å²) in [6.45, 7) is 2.54. The molecular weight excluding hydrogens is 488 g/mol. The van der Waals surface area contributed by atoms with Crippen molar-refractivity contribution in [1.82, 2.24) is 15.0 Å². The van der Waals surface area contributed by atoms with E-state index in [1.54, 1.807) is 0 Å². The summed E-state index contributed by atoms with van der Waals surface area (Å²) in [4.78, 5) is 18.6. The minimum absolute atomic E-state index is 0. The molecule has 2 aromatic carbocycles. The number of nitrogens with one attached hydrogen (secondary N) is 1. The lowest BCUT2D eigenvalue weighted by atomic mass is 9.99. The number of nitrogens with zero attached hydrogens (tertiary/aromatic N) is 5. The Hall–Kier alpha value is -3.02. The minimum Gasteiger partial charge on any atom is -0.343 e. The first-order chi connectivity index (χ1) is 17.4. The largest absolute Gasteiger partial charge is 0.343 e. The number of hydrogen-bond donors (Lipinski definition) is 5. The Kier molecular flexibility index (Phi) is 8.78. The van der Waals surface area contributed by atoms with Gasteiger partial charge in [0.15, 0.2) is 0 Å². The molecule has 4 atom stereocenters. The lowest BCUT2D eigenvalue weighted by Gasteiger charge is -2.37. The van der Waals surface area contributed by atoms with E-state index in [0.717, 1.165) is 24.0 Å². The molecule has 1 aromatic heterocycles. The van der Waals surface area contributed by atoms with E-state index in [2.05, 4.69) is 39.4 Å². The second kappa shape index (κ2) is 12.0. The van der Waals surface area contributed by atoms with Crippen LogP contribution in [0.15, 0.2) is 60.7 Å². The van der Waals surface area contributed by atoms with E-state index < -0.39 is 0 Å². The molecule has 5 rings (SSSR count). The lowest BCUT2D eigenvalue weighted by molar-refractivity contribution is 0.441. The second-order valence-electron chi connectivity index (χ2n) is 9.98. The first-order valence-electron chi connectivity index (χ1n) is 12.6. The molecule has 0 spiro atoms. The van der Waals surface area contributed by atoms with Gasteiger partial charge in [0.25, 0.3) is 0 Å². The predicted molar refractivity (Wildman–Crippen MR) is 151 cm³/mol. The van der Waals surface area contributed by atoms with Gasteiger partial charge in [-0.15, -0.1) is 12.4 Å². The van der Waals surface area contributed by atoms with Gasteiger partial charge in [-0.1, -0.05) is 60.7 Å². The van der Waals surface area contributed by atoms with E-state index >= 15 is 0 Å². The number of rotatable bonds is 6. The van der Waals surface area contributed by atoms with Gasteiger partial charge in [-0.2, -0.15) is 15.0 Å². The molecule has 198 valence electrons. The third-order valence-electron chi connectivity index (χ3n) is 6.75. The maximum atomic E-state index is 6.29. The van der Waals surface area contributed by atoms with Gasteiger partial charge in [0.2, 0.25) is 17.8 Å². The van der Waals surface area contributed by atoms with Crippen LogP contribution in [0.3, 0.4) is 0 Å². The zero-order valence-electron chi connectivity index (χ0n) is 20.9. The third kappa shape index (κ3) is 6.65. The molecule has 2 saturated heterocycles. The molecule has 10 nitrogen and oxygen atoms in total. The summed E-state index contributed by atoms with van der Waals surface area (Å²) in [5, 5.41) is 3.57. The Morgan fingerprint density at radius 2 is 1.00 bits per heavy atom. The number of anilines is 3. The van der Waals surface area contributed by atoms with Gasteiger partial charge in [0.05, 0.1) is 6.04 Å². The number of piperidine rings is 2. The molecule has 0 saturated carbocycles. The van der Waals surface area contributed by atoms with E-state index in [0.29, 0.717) is 44.0 Å². The Balaban J connectivity index is 0.00000320. The maximum Gasteiger partial charge on any atom is 0.232 e. The van der Waals surface area contributed by atoms with Crippen molar-refractivity contribution in [3.8, 4) is 0 Å². The molecule has 3 aromatic rings. The fourth-order valence-corrected chi connectivity index (χ4v) is 5.16. The predicted octanol–water partition coefficient (Wildman–Crippen LogP) is 1.22. The van der Waals surface area contributed by atoms with Crippen LogP contribution in [0.25, 0.3) is 0 Å². The number of halogens is 1. The molecule has 2 fully saturated rings. The highest BCUT2D eigenvalue weighted by Gasteiger charge is 2.29. The monoisotopic (exact) mass is 524 g/mol. The van der Waals surface area contributed by atoms with Crippen molar-refractivity contribution in [2.24, 2.45) is 22.9 Å².